The third kappa shape index (κ3) is 5.30. The Morgan fingerprint density at radius 1 is 1.12 bits per heavy atom. The van der Waals surface area contributed by atoms with E-state index in [4.69, 9.17) is 16.3 Å². The van der Waals surface area contributed by atoms with Crippen LogP contribution in [0.3, 0.4) is 0 Å². The highest BCUT2D eigenvalue weighted by molar-refractivity contribution is 7.12. The van der Waals surface area contributed by atoms with E-state index < -0.39 is 0 Å². The van der Waals surface area contributed by atoms with Crippen LogP contribution in [0.25, 0.3) is 16.9 Å². The Bertz CT molecular complexity index is 1270. The van der Waals surface area contributed by atoms with E-state index in [1.165, 1.54) is 16.2 Å². The highest BCUT2D eigenvalue weighted by Crippen LogP contribution is 2.26. The molecule has 4 aromatic rings. The summed E-state index contributed by atoms with van der Waals surface area (Å²) in [5.41, 5.74) is 2.32. The Morgan fingerprint density at radius 3 is 2.47 bits per heavy atom. The number of ether oxygens (including phenoxy) is 1. The Kier molecular flexibility index (Phi) is 7.30. The number of amides is 2. The number of hydrogen-bond donors (Lipinski definition) is 1. The van der Waals surface area contributed by atoms with E-state index in [9.17, 15) is 9.59 Å². The minimum absolute atomic E-state index is 0.0843. The fourth-order valence-electron chi connectivity index (χ4n) is 3.39. The maximum atomic E-state index is 12.9. The lowest BCUT2D eigenvalue weighted by Crippen LogP contribution is -2.37. The lowest BCUT2D eigenvalue weighted by molar-refractivity contribution is -0.116. The average Bonchev–Trinajstić information content (AvgIpc) is 3.53. The lowest BCUT2D eigenvalue weighted by atomic mass is 10.2. The summed E-state index contributed by atoms with van der Waals surface area (Å²) in [6.45, 7) is 2.17. The van der Waals surface area contributed by atoms with Crippen molar-refractivity contribution in [3.05, 3.63) is 82.1 Å². The van der Waals surface area contributed by atoms with Crippen molar-refractivity contribution in [2.45, 2.75) is 6.92 Å². The number of aromatic nitrogens is 2. The second-order valence-corrected chi connectivity index (χ2v) is 8.75. The summed E-state index contributed by atoms with van der Waals surface area (Å²) in [6, 6.07) is 18.3. The van der Waals surface area contributed by atoms with Gasteiger partial charge in [0.1, 0.15) is 12.3 Å². The third-order valence-corrected chi connectivity index (χ3v) is 6.29. The minimum atomic E-state index is -0.338. The summed E-state index contributed by atoms with van der Waals surface area (Å²) in [7, 11) is 1.60. The number of nitrogens with zero attached hydrogens (tertiary/aromatic N) is 3. The number of likely N-dealkylation sites (N-methyl/N-ethyl adjacent to an activating group) is 1. The standard InChI is InChI=1S/C25H23ClN4O3S/c1-3-29(24(32)22-5-4-14-34-22)16-23(31)28-25-27-21(17-6-8-18(26)9-7-17)15-30(25)19-10-12-20(33-2)13-11-19/h4-15H,3,16H2,1-2H3,(H,27,28,31). The van der Waals surface area contributed by atoms with Crippen molar-refractivity contribution in [2.24, 2.45) is 0 Å². The number of halogens is 1. The highest BCUT2D eigenvalue weighted by atomic mass is 35.5. The molecule has 0 bridgehead atoms. The maximum Gasteiger partial charge on any atom is 0.264 e. The molecule has 0 fully saturated rings. The topological polar surface area (TPSA) is 76.5 Å². The van der Waals surface area contributed by atoms with E-state index in [0.29, 0.717) is 28.1 Å². The largest absolute Gasteiger partial charge is 0.497 e. The molecule has 0 radical (unpaired) electrons. The zero-order valence-corrected chi connectivity index (χ0v) is 20.3. The number of carbonyl (C=O) groups excluding carboxylic acids is 2. The second-order valence-electron chi connectivity index (χ2n) is 7.37. The first-order valence-electron chi connectivity index (χ1n) is 10.6. The number of methoxy groups -OCH3 is 1. The zero-order valence-electron chi connectivity index (χ0n) is 18.7. The Hall–Kier alpha value is -3.62. The summed E-state index contributed by atoms with van der Waals surface area (Å²) in [5.74, 6) is 0.556. The Morgan fingerprint density at radius 2 is 1.85 bits per heavy atom. The van der Waals surface area contributed by atoms with Gasteiger partial charge in [-0.2, -0.15) is 0 Å². The first kappa shape index (κ1) is 23.5. The van der Waals surface area contributed by atoms with Crippen LogP contribution in [0.4, 0.5) is 5.95 Å². The van der Waals surface area contributed by atoms with Crippen molar-refractivity contribution >= 4 is 40.7 Å². The quantitative estimate of drug-likeness (QED) is 0.357. The van der Waals surface area contributed by atoms with Gasteiger partial charge in [0, 0.05) is 29.0 Å². The van der Waals surface area contributed by atoms with Crippen molar-refractivity contribution in [3.63, 3.8) is 0 Å². The average molecular weight is 495 g/mol. The SMILES string of the molecule is CCN(CC(=O)Nc1nc(-c2ccc(Cl)cc2)cn1-c1ccc(OC)cc1)C(=O)c1cccs1. The molecule has 0 aliphatic carbocycles. The molecule has 9 heteroatoms. The molecule has 0 aliphatic rings. The molecule has 34 heavy (non-hydrogen) atoms. The van der Waals surface area contributed by atoms with Crippen molar-refractivity contribution < 1.29 is 14.3 Å². The van der Waals surface area contributed by atoms with Gasteiger partial charge < -0.3 is 9.64 Å². The maximum absolute atomic E-state index is 12.9. The smallest absolute Gasteiger partial charge is 0.264 e. The van der Waals surface area contributed by atoms with Crippen LogP contribution < -0.4 is 10.1 Å². The van der Waals surface area contributed by atoms with Gasteiger partial charge in [-0.3, -0.25) is 19.5 Å². The first-order chi connectivity index (χ1) is 16.5. The fourth-order valence-corrected chi connectivity index (χ4v) is 4.21. The summed E-state index contributed by atoms with van der Waals surface area (Å²) >= 11 is 7.38. The van der Waals surface area contributed by atoms with E-state index in [-0.39, 0.29) is 18.4 Å². The summed E-state index contributed by atoms with van der Waals surface area (Å²) in [5, 5.41) is 5.33. The number of imidazole rings is 1. The number of nitrogens with one attached hydrogen (secondary N) is 1. The Labute approximate surface area is 206 Å². The van der Waals surface area contributed by atoms with Gasteiger partial charge in [0.05, 0.1) is 17.7 Å². The molecular weight excluding hydrogens is 472 g/mol. The highest BCUT2D eigenvalue weighted by Gasteiger charge is 2.20. The predicted octanol–water partition coefficient (Wildman–Crippen LogP) is 5.36. The molecule has 0 aliphatic heterocycles. The third-order valence-electron chi connectivity index (χ3n) is 5.18. The molecule has 0 saturated carbocycles. The van der Waals surface area contributed by atoms with E-state index >= 15 is 0 Å². The van der Waals surface area contributed by atoms with E-state index in [0.717, 1.165) is 17.0 Å². The molecule has 7 nitrogen and oxygen atoms in total. The molecule has 1 N–H and O–H groups in total. The van der Waals surface area contributed by atoms with E-state index in [1.54, 1.807) is 29.9 Å². The van der Waals surface area contributed by atoms with Gasteiger partial charge in [0.2, 0.25) is 11.9 Å². The summed E-state index contributed by atoms with van der Waals surface area (Å²) < 4.78 is 7.04. The molecule has 2 amide bonds. The van der Waals surface area contributed by atoms with Crippen molar-refractivity contribution in [1.82, 2.24) is 14.5 Å². The van der Waals surface area contributed by atoms with Crippen LogP contribution in [0.15, 0.2) is 72.2 Å². The fraction of sp³-hybridized carbons (Fsp3) is 0.160. The van der Waals surface area contributed by atoms with Crippen LogP contribution in [0.2, 0.25) is 5.02 Å². The molecule has 4 rings (SSSR count). The predicted molar refractivity (Wildman–Crippen MR) is 135 cm³/mol. The number of rotatable bonds is 8. The monoisotopic (exact) mass is 494 g/mol. The molecule has 2 heterocycles. The van der Waals surface area contributed by atoms with Gasteiger partial charge in [-0.25, -0.2) is 4.98 Å². The molecule has 0 unspecified atom stereocenters. The normalized spacial score (nSPS) is 10.7. The van der Waals surface area contributed by atoms with Crippen LogP contribution in [-0.4, -0.2) is 46.5 Å². The number of benzene rings is 2. The molecule has 0 spiro atoms. The summed E-state index contributed by atoms with van der Waals surface area (Å²) in [4.78, 5) is 32.4. The van der Waals surface area contributed by atoms with Gasteiger partial charge in [-0.15, -0.1) is 11.3 Å². The minimum Gasteiger partial charge on any atom is -0.497 e. The van der Waals surface area contributed by atoms with Gasteiger partial charge >= 0.3 is 0 Å². The van der Waals surface area contributed by atoms with Crippen LogP contribution in [0.5, 0.6) is 5.75 Å². The van der Waals surface area contributed by atoms with Crippen molar-refractivity contribution in [3.8, 4) is 22.7 Å². The molecule has 2 aromatic carbocycles. The summed E-state index contributed by atoms with van der Waals surface area (Å²) in [6.07, 6.45) is 1.84. The second kappa shape index (κ2) is 10.5. The van der Waals surface area contributed by atoms with Gasteiger partial charge in [-0.05, 0) is 54.8 Å². The Balaban J connectivity index is 1.61. The van der Waals surface area contributed by atoms with Crippen LogP contribution in [0, 0.1) is 0 Å². The van der Waals surface area contributed by atoms with Gasteiger partial charge in [0.25, 0.3) is 5.91 Å². The number of hydrogen-bond acceptors (Lipinski definition) is 5. The number of anilines is 1. The van der Waals surface area contributed by atoms with Crippen LogP contribution in [-0.2, 0) is 4.79 Å². The molecule has 174 valence electrons. The molecule has 2 aromatic heterocycles. The van der Waals surface area contributed by atoms with Gasteiger partial charge in [-0.1, -0.05) is 29.8 Å². The van der Waals surface area contributed by atoms with Crippen molar-refractivity contribution in [1.29, 1.82) is 0 Å². The lowest BCUT2D eigenvalue weighted by Gasteiger charge is -2.19. The molecular formula is C25H23ClN4O3S. The molecule has 0 saturated heterocycles. The van der Waals surface area contributed by atoms with Crippen LogP contribution >= 0.6 is 22.9 Å². The van der Waals surface area contributed by atoms with E-state index in [2.05, 4.69) is 10.3 Å². The first-order valence-corrected chi connectivity index (χ1v) is 11.9. The molecule has 0 atom stereocenters. The van der Waals surface area contributed by atoms with Crippen LogP contribution in [0.1, 0.15) is 16.6 Å². The van der Waals surface area contributed by atoms with Crippen molar-refractivity contribution in [2.75, 3.05) is 25.5 Å². The number of carbonyl (C=O) groups is 2. The van der Waals surface area contributed by atoms with Gasteiger partial charge in [0.15, 0.2) is 0 Å². The van der Waals surface area contributed by atoms with E-state index in [1.807, 2.05) is 61.0 Å². The number of thiophene rings is 1. The zero-order chi connectivity index (χ0) is 24.1.